The molecular weight excluding hydrogens is 395 g/mol. The lowest BCUT2D eigenvalue weighted by atomic mass is 10.1. The van der Waals surface area contributed by atoms with Gasteiger partial charge < -0.3 is 9.53 Å². The maximum Gasteiger partial charge on any atom is 0.303 e. The predicted octanol–water partition coefficient (Wildman–Crippen LogP) is 5.75. The van der Waals surface area contributed by atoms with Gasteiger partial charge in [-0.1, -0.05) is 70.2 Å². The Balaban J connectivity index is 5.09. The molecule has 124 valence electrons. The molecule has 0 bridgehead atoms. The molecule has 0 aromatic heterocycles. The fourth-order valence-electron chi connectivity index (χ4n) is 3.40. The third-order valence-electron chi connectivity index (χ3n) is 4.23. The largest absolute Gasteiger partial charge is 0.481 e. The van der Waals surface area contributed by atoms with Crippen LogP contribution in [0.1, 0.15) is 60.8 Å². The number of aliphatic carboxylic acids is 1. The van der Waals surface area contributed by atoms with Crippen molar-refractivity contribution in [2.24, 2.45) is 0 Å². The van der Waals surface area contributed by atoms with E-state index in [4.69, 9.17) is 9.53 Å². The zero-order valence-electron chi connectivity index (χ0n) is 14.2. The van der Waals surface area contributed by atoms with Crippen LogP contribution in [0.4, 0.5) is 0 Å². The molecule has 1 unspecified atom stereocenters. The number of rotatable bonds is 10. The molecule has 1 N–H and O–H groups in total. The van der Waals surface area contributed by atoms with E-state index in [0.717, 1.165) is 6.42 Å². The number of carboxylic acid groups (broad SMARTS) is 1. The molecular formula is C16H31IO3Si. The zero-order valence-corrected chi connectivity index (χ0v) is 17.4. The molecule has 0 aromatic rings. The van der Waals surface area contributed by atoms with Gasteiger partial charge in [0.15, 0.2) is 0 Å². The Morgan fingerprint density at radius 1 is 1.14 bits per heavy atom. The van der Waals surface area contributed by atoms with Crippen LogP contribution < -0.4 is 0 Å². The summed E-state index contributed by atoms with van der Waals surface area (Å²) < 4.78 is 8.69. The van der Waals surface area contributed by atoms with Gasteiger partial charge in [0.2, 0.25) is 8.32 Å². The average molecular weight is 426 g/mol. The Kier molecular flexibility index (Phi) is 10.1. The molecule has 3 nitrogen and oxygen atoms in total. The van der Waals surface area contributed by atoms with Crippen LogP contribution in [0.2, 0.25) is 16.6 Å². The van der Waals surface area contributed by atoms with Crippen LogP contribution in [0.5, 0.6) is 0 Å². The van der Waals surface area contributed by atoms with Crippen molar-refractivity contribution >= 4 is 36.9 Å². The fourth-order valence-corrected chi connectivity index (χ4v) is 9.40. The van der Waals surface area contributed by atoms with Gasteiger partial charge in [-0.2, -0.15) is 0 Å². The van der Waals surface area contributed by atoms with Crippen molar-refractivity contribution in [3.63, 3.8) is 0 Å². The van der Waals surface area contributed by atoms with Gasteiger partial charge in [0.25, 0.3) is 0 Å². The molecule has 0 amide bonds. The number of hydrogen-bond donors (Lipinski definition) is 1. The van der Waals surface area contributed by atoms with Crippen LogP contribution in [0, 0.1) is 0 Å². The Labute approximate surface area is 144 Å². The van der Waals surface area contributed by atoms with Crippen molar-refractivity contribution < 1.29 is 14.3 Å². The van der Waals surface area contributed by atoms with Crippen LogP contribution in [-0.4, -0.2) is 25.5 Å². The van der Waals surface area contributed by atoms with Crippen LogP contribution >= 0.6 is 22.6 Å². The van der Waals surface area contributed by atoms with E-state index in [1.807, 2.05) is 4.08 Å². The minimum absolute atomic E-state index is 0.0418. The summed E-state index contributed by atoms with van der Waals surface area (Å²) in [4.78, 5) is 10.7. The van der Waals surface area contributed by atoms with Crippen LogP contribution in [0.3, 0.4) is 0 Å². The SMILES string of the molecule is CC(C)[Si](OC(/C=C/I)CCCC(=O)O)(C(C)C)C(C)C. The monoisotopic (exact) mass is 426 g/mol. The molecule has 0 spiro atoms. The Bertz CT molecular complexity index is 319. The molecule has 0 rings (SSSR count). The van der Waals surface area contributed by atoms with Gasteiger partial charge in [-0.15, -0.1) is 0 Å². The third-order valence-corrected chi connectivity index (χ3v) is 10.8. The Hall–Kier alpha value is 0.117. The zero-order chi connectivity index (χ0) is 16.6. The van der Waals surface area contributed by atoms with Crippen molar-refractivity contribution in [3.05, 3.63) is 10.2 Å². The highest BCUT2D eigenvalue weighted by molar-refractivity contribution is 14.1. The Morgan fingerprint density at radius 3 is 1.95 bits per heavy atom. The summed E-state index contributed by atoms with van der Waals surface area (Å²) in [6.45, 7) is 13.6. The first-order valence-electron chi connectivity index (χ1n) is 7.84. The second-order valence-electron chi connectivity index (χ2n) is 6.58. The normalized spacial score (nSPS) is 14.6. The fraction of sp³-hybridized carbons (Fsp3) is 0.812. The van der Waals surface area contributed by atoms with Gasteiger partial charge in [0.05, 0.1) is 6.10 Å². The predicted molar refractivity (Wildman–Crippen MR) is 101 cm³/mol. The van der Waals surface area contributed by atoms with Crippen LogP contribution in [-0.2, 0) is 9.22 Å². The molecule has 0 aromatic carbocycles. The van der Waals surface area contributed by atoms with E-state index in [1.165, 1.54) is 0 Å². The van der Waals surface area contributed by atoms with Crippen molar-refractivity contribution in [2.75, 3.05) is 0 Å². The second kappa shape index (κ2) is 10.00. The van der Waals surface area contributed by atoms with Crippen molar-refractivity contribution in [1.82, 2.24) is 0 Å². The van der Waals surface area contributed by atoms with Crippen molar-refractivity contribution in [3.8, 4) is 0 Å². The number of carboxylic acids is 1. The first kappa shape index (κ1) is 21.1. The molecule has 0 radical (unpaired) electrons. The lowest BCUT2D eigenvalue weighted by Gasteiger charge is -2.44. The number of halogens is 1. The maximum absolute atomic E-state index is 10.7. The quantitative estimate of drug-likeness (QED) is 0.357. The van der Waals surface area contributed by atoms with E-state index < -0.39 is 14.3 Å². The summed E-state index contributed by atoms with van der Waals surface area (Å²) in [6.07, 6.45) is 3.79. The topological polar surface area (TPSA) is 46.5 Å². The van der Waals surface area contributed by atoms with E-state index in [2.05, 4.69) is 70.2 Å². The third kappa shape index (κ3) is 6.40. The minimum Gasteiger partial charge on any atom is -0.481 e. The van der Waals surface area contributed by atoms with Gasteiger partial charge in [-0.05, 0) is 33.5 Å². The highest BCUT2D eigenvalue weighted by atomic mass is 127. The molecule has 0 aliphatic heterocycles. The summed E-state index contributed by atoms with van der Waals surface area (Å²) in [7, 11) is -1.91. The van der Waals surface area contributed by atoms with Crippen molar-refractivity contribution in [1.29, 1.82) is 0 Å². The van der Waals surface area contributed by atoms with Gasteiger partial charge in [-0.25, -0.2) is 0 Å². The van der Waals surface area contributed by atoms with Gasteiger partial charge in [-0.3, -0.25) is 4.79 Å². The smallest absolute Gasteiger partial charge is 0.303 e. The highest BCUT2D eigenvalue weighted by Crippen LogP contribution is 2.43. The van der Waals surface area contributed by atoms with Gasteiger partial charge >= 0.3 is 5.97 Å². The van der Waals surface area contributed by atoms with Gasteiger partial charge in [0, 0.05) is 6.42 Å². The first-order valence-corrected chi connectivity index (χ1v) is 11.2. The van der Waals surface area contributed by atoms with E-state index in [-0.39, 0.29) is 12.5 Å². The maximum atomic E-state index is 10.7. The lowest BCUT2D eigenvalue weighted by molar-refractivity contribution is -0.137. The number of hydrogen-bond acceptors (Lipinski definition) is 2. The molecule has 0 fully saturated rings. The van der Waals surface area contributed by atoms with E-state index in [9.17, 15) is 4.79 Å². The highest BCUT2D eigenvalue weighted by Gasteiger charge is 2.46. The summed E-state index contributed by atoms with van der Waals surface area (Å²) in [5.41, 5.74) is 1.63. The standard InChI is InChI=1S/C16H31IO3Si/c1-12(2)21(13(3)4,14(5)6)20-15(10-11-17)8-7-9-16(18)19/h10-15H,7-9H2,1-6H3,(H,18,19)/b11-10+. The van der Waals surface area contributed by atoms with E-state index >= 15 is 0 Å². The minimum atomic E-state index is -1.91. The van der Waals surface area contributed by atoms with Crippen LogP contribution in [0.15, 0.2) is 10.2 Å². The molecule has 1 atom stereocenters. The molecule has 5 heteroatoms. The Morgan fingerprint density at radius 2 is 1.62 bits per heavy atom. The second-order valence-corrected chi connectivity index (χ2v) is 12.7. The lowest BCUT2D eigenvalue weighted by Crippen LogP contribution is -2.49. The first-order chi connectivity index (χ1) is 9.68. The van der Waals surface area contributed by atoms with E-state index in [1.54, 1.807) is 0 Å². The molecule has 0 aliphatic rings. The van der Waals surface area contributed by atoms with Crippen molar-refractivity contribution in [2.45, 2.75) is 83.5 Å². The molecule has 0 aliphatic carbocycles. The summed E-state index contributed by atoms with van der Waals surface area (Å²) in [5, 5.41) is 8.80. The van der Waals surface area contributed by atoms with Crippen LogP contribution in [0.25, 0.3) is 0 Å². The summed E-state index contributed by atoms with van der Waals surface area (Å²) in [6, 6.07) is 0. The van der Waals surface area contributed by atoms with E-state index in [0.29, 0.717) is 23.0 Å². The summed E-state index contributed by atoms with van der Waals surface area (Å²) >= 11 is 2.21. The van der Waals surface area contributed by atoms with Gasteiger partial charge in [0.1, 0.15) is 0 Å². The summed E-state index contributed by atoms with van der Waals surface area (Å²) in [5.74, 6) is -0.729. The molecule has 21 heavy (non-hydrogen) atoms. The molecule has 0 heterocycles. The average Bonchev–Trinajstić information content (AvgIpc) is 2.33. The number of carbonyl (C=O) groups is 1. The molecule has 0 saturated carbocycles. The molecule has 0 saturated heterocycles.